The molecule has 2 N–H and O–H groups in total. The van der Waals surface area contributed by atoms with Crippen molar-refractivity contribution in [2.75, 3.05) is 6.54 Å². The third kappa shape index (κ3) is 3.17. The van der Waals surface area contributed by atoms with E-state index in [0.29, 0.717) is 13.0 Å². The molecule has 0 unspecified atom stereocenters. The number of ketones is 1. The highest BCUT2D eigenvalue weighted by Crippen LogP contribution is 2.14. The number of nitrogens with two attached hydrogens (primary N) is 1. The molecule has 0 fully saturated rings. The van der Waals surface area contributed by atoms with Crippen LogP contribution in [0.25, 0.3) is 0 Å². The van der Waals surface area contributed by atoms with Crippen LogP contribution in [0.15, 0.2) is 28.9 Å². The van der Waals surface area contributed by atoms with Gasteiger partial charge >= 0.3 is 0 Å². The standard InChI is InChI=1S/C11H16N2O/c1-9(14)6-7-13-11-5-3-2-4-10(11)8-12/h3,5,8H,2,4,6-7,12H2,1H3. The molecule has 0 saturated carbocycles. The third-order valence-corrected chi connectivity index (χ3v) is 2.13. The van der Waals surface area contributed by atoms with E-state index in [1.54, 1.807) is 13.1 Å². The van der Waals surface area contributed by atoms with Crippen LogP contribution in [0, 0.1) is 0 Å². The van der Waals surface area contributed by atoms with Crippen LogP contribution in [-0.4, -0.2) is 18.0 Å². The number of aliphatic imine (C=N–C) groups is 1. The minimum Gasteiger partial charge on any atom is -0.404 e. The van der Waals surface area contributed by atoms with E-state index in [2.05, 4.69) is 11.1 Å². The normalized spacial score (nSPS) is 21.8. The number of hydrogen-bond acceptors (Lipinski definition) is 3. The second-order valence-electron chi connectivity index (χ2n) is 3.35. The van der Waals surface area contributed by atoms with Crippen molar-refractivity contribution in [3.63, 3.8) is 0 Å². The van der Waals surface area contributed by atoms with Crippen LogP contribution >= 0.6 is 0 Å². The van der Waals surface area contributed by atoms with Gasteiger partial charge in [-0.3, -0.25) is 9.79 Å². The molecule has 0 aromatic heterocycles. The van der Waals surface area contributed by atoms with Crippen LogP contribution in [0.4, 0.5) is 0 Å². The fourth-order valence-corrected chi connectivity index (χ4v) is 1.33. The van der Waals surface area contributed by atoms with E-state index in [1.807, 2.05) is 6.08 Å². The molecule has 0 atom stereocenters. The zero-order chi connectivity index (χ0) is 10.4. The van der Waals surface area contributed by atoms with Gasteiger partial charge in [-0.2, -0.15) is 0 Å². The van der Waals surface area contributed by atoms with E-state index in [-0.39, 0.29) is 5.78 Å². The average Bonchev–Trinajstić information content (AvgIpc) is 2.18. The Hall–Kier alpha value is -1.38. The summed E-state index contributed by atoms with van der Waals surface area (Å²) in [5.41, 5.74) is 7.49. The van der Waals surface area contributed by atoms with Gasteiger partial charge in [0.15, 0.2) is 0 Å². The lowest BCUT2D eigenvalue weighted by molar-refractivity contribution is -0.116. The summed E-state index contributed by atoms with van der Waals surface area (Å²) in [5.74, 6) is 0.174. The molecule has 3 heteroatoms. The lowest BCUT2D eigenvalue weighted by Crippen LogP contribution is -2.07. The molecule has 0 amide bonds. The van der Waals surface area contributed by atoms with Crippen molar-refractivity contribution in [3.8, 4) is 0 Å². The highest BCUT2D eigenvalue weighted by molar-refractivity contribution is 6.09. The number of hydrogen-bond donors (Lipinski definition) is 1. The van der Waals surface area contributed by atoms with Crippen LogP contribution in [0.1, 0.15) is 26.2 Å². The first-order chi connectivity index (χ1) is 6.74. The van der Waals surface area contributed by atoms with Crippen molar-refractivity contribution < 1.29 is 4.79 Å². The lowest BCUT2D eigenvalue weighted by Gasteiger charge is -2.10. The van der Waals surface area contributed by atoms with Crippen LogP contribution in [0.2, 0.25) is 0 Å². The van der Waals surface area contributed by atoms with E-state index >= 15 is 0 Å². The molecule has 0 aliphatic heterocycles. The summed E-state index contributed by atoms with van der Waals surface area (Å²) in [5, 5.41) is 0. The summed E-state index contributed by atoms with van der Waals surface area (Å²) in [4.78, 5) is 15.0. The summed E-state index contributed by atoms with van der Waals surface area (Å²) in [7, 11) is 0. The SMILES string of the molecule is CC(=O)CCN=C1C=CCCC1=CN. The summed E-state index contributed by atoms with van der Waals surface area (Å²) >= 11 is 0. The molecule has 3 nitrogen and oxygen atoms in total. The highest BCUT2D eigenvalue weighted by atomic mass is 16.1. The van der Waals surface area contributed by atoms with Gasteiger partial charge < -0.3 is 5.73 Å². The first kappa shape index (κ1) is 10.7. The Morgan fingerprint density at radius 3 is 3.14 bits per heavy atom. The summed E-state index contributed by atoms with van der Waals surface area (Å²) < 4.78 is 0. The number of nitrogens with zero attached hydrogens (tertiary/aromatic N) is 1. The Kier molecular flexibility index (Phi) is 4.11. The van der Waals surface area contributed by atoms with Crippen LogP contribution in [0.5, 0.6) is 0 Å². The van der Waals surface area contributed by atoms with Crippen LogP contribution in [-0.2, 0) is 4.79 Å². The predicted molar refractivity (Wildman–Crippen MR) is 58.2 cm³/mol. The van der Waals surface area contributed by atoms with Crippen molar-refractivity contribution in [2.45, 2.75) is 26.2 Å². The third-order valence-electron chi connectivity index (χ3n) is 2.13. The Morgan fingerprint density at radius 1 is 1.71 bits per heavy atom. The van der Waals surface area contributed by atoms with Crippen molar-refractivity contribution in [1.29, 1.82) is 0 Å². The number of allylic oxidation sites excluding steroid dienone is 3. The van der Waals surface area contributed by atoms with Gasteiger partial charge in [0.2, 0.25) is 0 Å². The van der Waals surface area contributed by atoms with E-state index in [0.717, 1.165) is 24.1 Å². The fraction of sp³-hybridized carbons (Fsp3) is 0.455. The van der Waals surface area contributed by atoms with Gasteiger partial charge in [0.1, 0.15) is 5.78 Å². The lowest BCUT2D eigenvalue weighted by atomic mass is 10.00. The Labute approximate surface area is 84.4 Å². The zero-order valence-electron chi connectivity index (χ0n) is 8.49. The monoisotopic (exact) mass is 192 g/mol. The topological polar surface area (TPSA) is 55.5 Å². The molecule has 1 rings (SSSR count). The maximum atomic E-state index is 10.7. The van der Waals surface area contributed by atoms with Gasteiger partial charge in [-0.25, -0.2) is 0 Å². The largest absolute Gasteiger partial charge is 0.404 e. The minimum absolute atomic E-state index is 0.174. The van der Waals surface area contributed by atoms with E-state index < -0.39 is 0 Å². The zero-order valence-corrected chi connectivity index (χ0v) is 8.49. The Morgan fingerprint density at radius 2 is 2.50 bits per heavy atom. The van der Waals surface area contributed by atoms with Gasteiger partial charge in [-0.15, -0.1) is 0 Å². The first-order valence-corrected chi connectivity index (χ1v) is 4.85. The van der Waals surface area contributed by atoms with E-state index in [1.165, 1.54) is 0 Å². The molecule has 0 saturated heterocycles. The number of rotatable bonds is 3. The molecule has 0 heterocycles. The van der Waals surface area contributed by atoms with Gasteiger partial charge in [0.25, 0.3) is 0 Å². The molecule has 0 radical (unpaired) electrons. The van der Waals surface area contributed by atoms with Crippen molar-refractivity contribution in [2.24, 2.45) is 10.7 Å². The molecule has 0 aromatic carbocycles. The molecular weight excluding hydrogens is 176 g/mol. The molecular formula is C11H16N2O. The molecule has 0 spiro atoms. The number of carbonyl (C=O) groups excluding carboxylic acids is 1. The summed E-state index contributed by atoms with van der Waals surface area (Å²) in [6.45, 7) is 2.14. The minimum atomic E-state index is 0.174. The maximum absolute atomic E-state index is 10.7. The second-order valence-corrected chi connectivity index (χ2v) is 3.35. The number of carbonyl (C=O) groups is 1. The van der Waals surface area contributed by atoms with Gasteiger partial charge in [-0.1, -0.05) is 6.08 Å². The Bertz CT molecular complexity index is 300. The quantitative estimate of drug-likeness (QED) is 0.738. The highest BCUT2D eigenvalue weighted by Gasteiger charge is 2.06. The van der Waals surface area contributed by atoms with Gasteiger partial charge in [0.05, 0.1) is 5.71 Å². The average molecular weight is 192 g/mol. The van der Waals surface area contributed by atoms with Crippen LogP contribution < -0.4 is 5.73 Å². The molecule has 1 aliphatic carbocycles. The molecule has 14 heavy (non-hydrogen) atoms. The van der Waals surface area contributed by atoms with Crippen molar-refractivity contribution in [3.05, 3.63) is 23.9 Å². The van der Waals surface area contributed by atoms with Crippen molar-refractivity contribution in [1.82, 2.24) is 0 Å². The molecule has 0 aromatic rings. The molecule has 76 valence electrons. The fourth-order valence-electron chi connectivity index (χ4n) is 1.33. The molecule has 1 aliphatic rings. The number of Topliss-reactive ketones (excluding diaryl/α,β-unsaturated/α-hetero) is 1. The van der Waals surface area contributed by atoms with Crippen molar-refractivity contribution >= 4 is 11.5 Å². The smallest absolute Gasteiger partial charge is 0.131 e. The first-order valence-electron chi connectivity index (χ1n) is 4.85. The summed E-state index contributed by atoms with van der Waals surface area (Å²) in [6, 6.07) is 0. The predicted octanol–water partition coefficient (Wildman–Crippen LogP) is 1.60. The van der Waals surface area contributed by atoms with Crippen LogP contribution in [0.3, 0.4) is 0 Å². The maximum Gasteiger partial charge on any atom is 0.131 e. The van der Waals surface area contributed by atoms with E-state index in [9.17, 15) is 4.79 Å². The van der Waals surface area contributed by atoms with Gasteiger partial charge in [-0.05, 0) is 37.6 Å². The van der Waals surface area contributed by atoms with Gasteiger partial charge in [0, 0.05) is 13.0 Å². The Balaban J connectivity index is 2.59. The molecule has 0 bridgehead atoms. The second kappa shape index (κ2) is 5.37. The van der Waals surface area contributed by atoms with E-state index in [4.69, 9.17) is 5.73 Å². The summed E-state index contributed by atoms with van der Waals surface area (Å²) in [6.07, 6.45) is 8.15.